The lowest BCUT2D eigenvalue weighted by Gasteiger charge is -2.13. The van der Waals surface area contributed by atoms with Gasteiger partial charge in [-0.25, -0.2) is 0 Å². The van der Waals surface area contributed by atoms with Gasteiger partial charge in [0.2, 0.25) is 5.91 Å². The number of ether oxygens (including phenoxy) is 1. The van der Waals surface area contributed by atoms with Crippen molar-refractivity contribution in [1.82, 2.24) is 0 Å². The molecule has 1 amide bonds. The van der Waals surface area contributed by atoms with Gasteiger partial charge in [0, 0.05) is 16.9 Å². The van der Waals surface area contributed by atoms with Crippen LogP contribution in [0.5, 0.6) is 5.75 Å². The largest absolute Gasteiger partial charge is 0.497 e. The molecule has 0 radical (unpaired) electrons. The molecule has 0 saturated carbocycles. The van der Waals surface area contributed by atoms with E-state index in [2.05, 4.69) is 15.9 Å². The Balaban J connectivity index is 2.95. The monoisotopic (exact) mass is 272 g/mol. The number of hydrogen-bond donors (Lipinski definition) is 2. The number of halogens is 1. The predicted octanol–water partition coefficient (Wildman–Crippen LogP) is 1.33. The summed E-state index contributed by atoms with van der Waals surface area (Å²) in [5.41, 5.74) is 11.7. The molecular formula is C10H13BrN2O2. The van der Waals surface area contributed by atoms with Gasteiger partial charge in [0.1, 0.15) is 5.75 Å². The molecule has 4 nitrogen and oxygen atoms in total. The lowest BCUT2D eigenvalue weighted by atomic mass is 10.0. The summed E-state index contributed by atoms with van der Waals surface area (Å²) in [7, 11) is 1.58. The second-order valence-corrected chi connectivity index (χ2v) is 4.02. The molecule has 4 N–H and O–H groups in total. The van der Waals surface area contributed by atoms with Crippen LogP contribution in [-0.4, -0.2) is 13.0 Å². The Morgan fingerprint density at radius 2 is 2.27 bits per heavy atom. The molecule has 0 saturated heterocycles. The van der Waals surface area contributed by atoms with E-state index < -0.39 is 11.9 Å². The Bertz CT molecular complexity index is 368. The van der Waals surface area contributed by atoms with Gasteiger partial charge in [0.25, 0.3) is 0 Å². The van der Waals surface area contributed by atoms with Gasteiger partial charge in [-0.2, -0.15) is 0 Å². The van der Waals surface area contributed by atoms with E-state index in [1.807, 2.05) is 12.1 Å². The van der Waals surface area contributed by atoms with Gasteiger partial charge in [-0.05, 0) is 23.8 Å². The van der Waals surface area contributed by atoms with Crippen LogP contribution in [0.1, 0.15) is 18.0 Å². The first-order valence-electron chi connectivity index (χ1n) is 4.42. The highest BCUT2D eigenvalue weighted by Crippen LogP contribution is 2.27. The topological polar surface area (TPSA) is 78.3 Å². The zero-order valence-corrected chi connectivity index (χ0v) is 9.95. The maximum atomic E-state index is 10.7. The Morgan fingerprint density at radius 3 is 2.80 bits per heavy atom. The molecule has 1 aromatic rings. The lowest BCUT2D eigenvalue weighted by molar-refractivity contribution is -0.118. The summed E-state index contributed by atoms with van der Waals surface area (Å²) in [6, 6.07) is 5.02. The highest BCUT2D eigenvalue weighted by molar-refractivity contribution is 9.10. The van der Waals surface area contributed by atoms with Crippen molar-refractivity contribution in [1.29, 1.82) is 0 Å². The molecule has 5 heteroatoms. The lowest BCUT2D eigenvalue weighted by Crippen LogP contribution is -2.21. The van der Waals surface area contributed by atoms with Gasteiger partial charge in [-0.1, -0.05) is 15.9 Å². The SMILES string of the molecule is COc1ccc(Br)c(C(N)CC(N)=O)c1. The van der Waals surface area contributed by atoms with Crippen LogP contribution in [-0.2, 0) is 4.79 Å². The smallest absolute Gasteiger partial charge is 0.219 e. The molecule has 0 bridgehead atoms. The number of hydrogen-bond acceptors (Lipinski definition) is 3. The van der Waals surface area contributed by atoms with Crippen molar-refractivity contribution in [3.63, 3.8) is 0 Å². The van der Waals surface area contributed by atoms with Crippen LogP contribution < -0.4 is 16.2 Å². The van der Waals surface area contributed by atoms with Crippen LogP contribution in [0.25, 0.3) is 0 Å². The van der Waals surface area contributed by atoms with Crippen molar-refractivity contribution in [3.05, 3.63) is 28.2 Å². The summed E-state index contributed by atoms with van der Waals surface area (Å²) in [4.78, 5) is 10.7. The maximum absolute atomic E-state index is 10.7. The fraction of sp³-hybridized carbons (Fsp3) is 0.300. The molecule has 0 aliphatic rings. The van der Waals surface area contributed by atoms with Gasteiger partial charge in [0.05, 0.1) is 7.11 Å². The Hall–Kier alpha value is -1.07. The minimum atomic E-state index is -0.419. The van der Waals surface area contributed by atoms with Gasteiger partial charge in [-0.15, -0.1) is 0 Å². The van der Waals surface area contributed by atoms with Gasteiger partial charge in [0.15, 0.2) is 0 Å². The van der Waals surface area contributed by atoms with Crippen LogP contribution in [0.3, 0.4) is 0 Å². The normalized spacial score (nSPS) is 12.2. The molecule has 0 spiro atoms. The molecule has 15 heavy (non-hydrogen) atoms. The van der Waals surface area contributed by atoms with Crippen LogP contribution in [0.2, 0.25) is 0 Å². The number of carbonyl (C=O) groups is 1. The number of methoxy groups -OCH3 is 1. The van der Waals surface area contributed by atoms with E-state index in [1.54, 1.807) is 13.2 Å². The second-order valence-electron chi connectivity index (χ2n) is 3.16. The van der Waals surface area contributed by atoms with E-state index >= 15 is 0 Å². The summed E-state index contributed by atoms with van der Waals surface area (Å²) in [6.45, 7) is 0. The number of nitrogens with two attached hydrogens (primary N) is 2. The second kappa shape index (κ2) is 5.14. The van der Waals surface area contributed by atoms with E-state index in [0.717, 1.165) is 10.0 Å². The standard InChI is InChI=1S/C10H13BrN2O2/c1-15-6-2-3-8(11)7(4-6)9(12)5-10(13)14/h2-4,9H,5,12H2,1H3,(H2,13,14). The average molecular weight is 273 g/mol. The van der Waals surface area contributed by atoms with Crippen molar-refractivity contribution < 1.29 is 9.53 Å². The molecular weight excluding hydrogens is 260 g/mol. The number of carbonyl (C=O) groups excluding carboxylic acids is 1. The Kier molecular flexibility index (Phi) is 4.11. The molecule has 82 valence electrons. The Labute approximate surface area is 96.7 Å². The van der Waals surface area contributed by atoms with Crippen molar-refractivity contribution >= 4 is 21.8 Å². The van der Waals surface area contributed by atoms with Crippen LogP contribution in [0.15, 0.2) is 22.7 Å². The molecule has 0 aliphatic carbocycles. The van der Waals surface area contributed by atoms with E-state index in [4.69, 9.17) is 16.2 Å². The van der Waals surface area contributed by atoms with Crippen molar-refractivity contribution in [2.24, 2.45) is 11.5 Å². The highest BCUT2D eigenvalue weighted by atomic mass is 79.9. The first-order chi connectivity index (χ1) is 7.04. The molecule has 1 rings (SSSR count). The number of amides is 1. The number of primary amides is 1. The predicted molar refractivity (Wildman–Crippen MR) is 61.4 cm³/mol. The quantitative estimate of drug-likeness (QED) is 0.868. The Morgan fingerprint density at radius 1 is 1.60 bits per heavy atom. The van der Waals surface area contributed by atoms with Crippen molar-refractivity contribution in [2.45, 2.75) is 12.5 Å². The first kappa shape index (κ1) is 12.0. The third kappa shape index (κ3) is 3.21. The van der Waals surface area contributed by atoms with Crippen LogP contribution in [0.4, 0.5) is 0 Å². The summed E-state index contributed by atoms with van der Waals surface area (Å²) in [5, 5.41) is 0. The van der Waals surface area contributed by atoms with Gasteiger partial charge in [-0.3, -0.25) is 4.79 Å². The maximum Gasteiger partial charge on any atom is 0.219 e. The molecule has 1 unspecified atom stereocenters. The van der Waals surface area contributed by atoms with E-state index in [1.165, 1.54) is 0 Å². The zero-order chi connectivity index (χ0) is 11.4. The van der Waals surface area contributed by atoms with Crippen molar-refractivity contribution in [3.8, 4) is 5.75 Å². The van der Waals surface area contributed by atoms with Gasteiger partial charge >= 0.3 is 0 Å². The molecule has 0 aromatic heterocycles. The van der Waals surface area contributed by atoms with E-state index in [0.29, 0.717) is 5.75 Å². The summed E-state index contributed by atoms with van der Waals surface area (Å²) < 4.78 is 5.92. The summed E-state index contributed by atoms with van der Waals surface area (Å²) in [5.74, 6) is 0.283. The van der Waals surface area contributed by atoms with Gasteiger partial charge < -0.3 is 16.2 Å². The average Bonchev–Trinajstić information content (AvgIpc) is 2.17. The minimum absolute atomic E-state index is 0.117. The molecule has 1 aromatic carbocycles. The molecule has 1 atom stereocenters. The zero-order valence-electron chi connectivity index (χ0n) is 8.37. The fourth-order valence-electron chi connectivity index (χ4n) is 1.26. The number of benzene rings is 1. The molecule has 0 aliphatic heterocycles. The third-order valence-corrected chi connectivity index (χ3v) is 2.75. The minimum Gasteiger partial charge on any atom is -0.497 e. The summed E-state index contributed by atoms with van der Waals surface area (Å²) >= 11 is 3.36. The van der Waals surface area contributed by atoms with Crippen LogP contribution >= 0.6 is 15.9 Å². The number of rotatable bonds is 4. The fourth-order valence-corrected chi connectivity index (χ4v) is 1.80. The highest BCUT2D eigenvalue weighted by Gasteiger charge is 2.13. The molecule has 0 fully saturated rings. The molecule has 0 heterocycles. The first-order valence-corrected chi connectivity index (χ1v) is 5.21. The summed E-state index contributed by atoms with van der Waals surface area (Å²) in [6.07, 6.45) is 0.117. The third-order valence-electron chi connectivity index (χ3n) is 2.02. The van der Waals surface area contributed by atoms with Crippen molar-refractivity contribution in [2.75, 3.05) is 7.11 Å². The van der Waals surface area contributed by atoms with E-state index in [9.17, 15) is 4.79 Å². The van der Waals surface area contributed by atoms with E-state index in [-0.39, 0.29) is 6.42 Å². The van der Waals surface area contributed by atoms with Crippen LogP contribution in [0, 0.1) is 0 Å².